The Morgan fingerprint density at radius 3 is 2.48 bits per heavy atom. The molecule has 5 nitrogen and oxygen atoms in total. The number of sulfonamides is 1. The van der Waals surface area contributed by atoms with Gasteiger partial charge in [-0.2, -0.15) is 4.31 Å². The molecular formula is C15H22N2O3S. The zero-order chi connectivity index (χ0) is 14.9. The van der Waals surface area contributed by atoms with Crippen LogP contribution in [0.1, 0.15) is 24.8 Å². The van der Waals surface area contributed by atoms with Crippen LogP contribution in [0.4, 0.5) is 0 Å². The maximum Gasteiger partial charge on any atom is 0.243 e. The predicted octanol–water partition coefficient (Wildman–Crippen LogP) is 0.942. The first kappa shape index (κ1) is 15.0. The van der Waals surface area contributed by atoms with E-state index in [9.17, 15) is 8.42 Å². The Morgan fingerprint density at radius 2 is 1.90 bits per heavy atom. The van der Waals surface area contributed by atoms with Crippen LogP contribution in [0.3, 0.4) is 0 Å². The summed E-state index contributed by atoms with van der Waals surface area (Å²) in [7, 11) is -3.42. The Labute approximate surface area is 126 Å². The molecule has 1 saturated carbocycles. The van der Waals surface area contributed by atoms with Crippen molar-refractivity contribution >= 4 is 10.0 Å². The largest absolute Gasteiger partial charge is 0.396 e. The van der Waals surface area contributed by atoms with E-state index in [1.165, 1.54) is 17.1 Å². The number of hydrogen-bond acceptors (Lipinski definition) is 4. The molecule has 1 saturated heterocycles. The van der Waals surface area contributed by atoms with E-state index in [0.717, 1.165) is 18.5 Å². The maximum atomic E-state index is 12.5. The van der Waals surface area contributed by atoms with Crippen LogP contribution in [0.15, 0.2) is 29.2 Å². The van der Waals surface area contributed by atoms with Gasteiger partial charge in [-0.05, 0) is 42.9 Å². The molecule has 116 valence electrons. The smallest absolute Gasteiger partial charge is 0.243 e. The maximum absolute atomic E-state index is 12.5. The van der Waals surface area contributed by atoms with Crippen molar-refractivity contribution < 1.29 is 13.5 Å². The van der Waals surface area contributed by atoms with Crippen LogP contribution in [0, 0.1) is 5.92 Å². The highest BCUT2D eigenvalue weighted by Crippen LogP contribution is 2.24. The molecule has 1 aromatic rings. The van der Waals surface area contributed by atoms with Gasteiger partial charge >= 0.3 is 0 Å². The highest BCUT2D eigenvalue weighted by atomic mass is 32.2. The lowest BCUT2D eigenvalue weighted by molar-refractivity contribution is 0.233. The summed E-state index contributed by atoms with van der Waals surface area (Å²) in [6.07, 6.45) is 3.22. The van der Waals surface area contributed by atoms with E-state index < -0.39 is 10.0 Å². The molecule has 0 aromatic heterocycles. The molecule has 0 radical (unpaired) electrons. The lowest BCUT2D eigenvalue weighted by Crippen LogP contribution is -2.29. The van der Waals surface area contributed by atoms with Crippen LogP contribution in [0.25, 0.3) is 0 Å². The fourth-order valence-corrected chi connectivity index (χ4v) is 4.17. The van der Waals surface area contributed by atoms with E-state index in [-0.39, 0.29) is 12.5 Å². The molecule has 1 aliphatic carbocycles. The summed E-state index contributed by atoms with van der Waals surface area (Å²) in [5.74, 6) is 0.0711. The van der Waals surface area contributed by atoms with Crippen molar-refractivity contribution in [3.8, 4) is 0 Å². The Bertz CT molecular complexity index is 581. The molecule has 1 unspecified atom stereocenters. The van der Waals surface area contributed by atoms with Crippen molar-refractivity contribution in [2.24, 2.45) is 5.92 Å². The lowest BCUT2D eigenvalue weighted by atomic mass is 10.1. The van der Waals surface area contributed by atoms with Gasteiger partial charge in [0.15, 0.2) is 0 Å². The van der Waals surface area contributed by atoms with E-state index in [2.05, 4.69) is 5.32 Å². The van der Waals surface area contributed by atoms with E-state index in [0.29, 0.717) is 24.0 Å². The van der Waals surface area contributed by atoms with Gasteiger partial charge in [-0.25, -0.2) is 8.42 Å². The predicted molar refractivity (Wildman–Crippen MR) is 80.3 cm³/mol. The molecule has 2 fully saturated rings. The van der Waals surface area contributed by atoms with Crippen molar-refractivity contribution in [1.29, 1.82) is 0 Å². The quantitative estimate of drug-likeness (QED) is 0.820. The third kappa shape index (κ3) is 3.45. The van der Waals surface area contributed by atoms with Gasteiger partial charge in [0.1, 0.15) is 0 Å². The van der Waals surface area contributed by atoms with E-state index >= 15 is 0 Å². The Kier molecular flexibility index (Phi) is 4.31. The Morgan fingerprint density at radius 1 is 1.19 bits per heavy atom. The SMILES string of the molecule is O=S(=O)(c1ccc(CNC2CC2)cc1)N1CCC(CO)C1. The first-order valence-electron chi connectivity index (χ1n) is 7.53. The summed E-state index contributed by atoms with van der Waals surface area (Å²) >= 11 is 0. The monoisotopic (exact) mass is 310 g/mol. The first-order valence-corrected chi connectivity index (χ1v) is 8.97. The van der Waals surface area contributed by atoms with Crippen molar-refractivity contribution in [1.82, 2.24) is 9.62 Å². The highest BCUT2D eigenvalue weighted by molar-refractivity contribution is 7.89. The number of hydrogen-bond donors (Lipinski definition) is 2. The minimum absolute atomic E-state index is 0.0534. The molecule has 2 aliphatic rings. The Hall–Kier alpha value is -0.950. The molecule has 21 heavy (non-hydrogen) atoms. The minimum atomic E-state index is -3.42. The molecule has 6 heteroatoms. The zero-order valence-electron chi connectivity index (χ0n) is 12.0. The van der Waals surface area contributed by atoms with Crippen LogP contribution in [-0.2, 0) is 16.6 Å². The molecule has 1 aliphatic heterocycles. The minimum Gasteiger partial charge on any atom is -0.396 e. The topological polar surface area (TPSA) is 69.6 Å². The molecule has 1 atom stereocenters. The van der Waals surface area contributed by atoms with Crippen LogP contribution in [-0.4, -0.2) is 43.6 Å². The second-order valence-electron chi connectivity index (χ2n) is 6.00. The fourth-order valence-electron chi connectivity index (χ4n) is 2.64. The highest BCUT2D eigenvalue weighted by Gasteiger charge is 2.32. The first-order chi connectivity index (χ1) is 10.1. The summed E-state index contributed by atoms with van der Waals surface area (Å²) in [5.41, 5.74) is 1.11. The normalized spacial score (nSPS) is 23.6. The van der Waals surface area contributed by atoms with Gasteiger partial charge in [0, 0.05) is 32.3 Å². The average Bonchev–Trinajstić information content (AvgIpc) is 3.19. The van der Waals surface area contributed by atoms with Gasteiger partial charge in [0.25, 0.3) is 0 Å². The van der Waals surface area contributed by atoms with E-state index in [1.54, 1.807) is 12.1 Å². The zero-order valence-corrected chi connectivity index (χ0v) is 12.8. The summed E-state index contributed by atoms with van der Waals surface area (Å²) in [6, 6.07) is 7.77. The number of rotatable bonds is 6. The third-order valence-corrected chi connectivity index (χ3v) is 6.12. The average molecular weight is 310 g/mol. The van der Waals surface area contributed by atoms with Gasteiger partial charge in [0.2, 0.25) is 10.0 Å². The summed E-state index contributed by atoms with van der Waals surface area (Å²) in [6.45, 7) is 1.77. The molecule has 0 spiro atoms. The second kappa shape index (κ2) is 6.04. The van der Waals surface area contributed by atoms with Crippen molar-refractivity contribution in [2.45, 2.75) is 36.7 Å². The van der Waals surface area contributed by atoms with E-state index in [4.69, 9.17) is 5.11 Å². The van der Waals surface area contributed by atoms with Gasteiger partial charge < -0.3 is 10.4 Å². The molecule has 0 bridgehead atoms. The van der Waals surface area contributed by atoms with Crippen molar-refractivity contribution in [3.05, 3.63) is 29.8 Å². The summed E-state index contributed by atoms with van der Waals surface area (Å²) in [4.78, 5) is 0.344. The standard InChI is InChI=1S/C15H22N2O3S/c18-11-13-7-8-17(10-13)21(19,20)15-5-1-12(2-6-15)9-16-14-3-4-14/h1-2,5-6,13-14,16,18H,3-4,7-11H2. The molecular weight excluding hydrogens is 288 g/mol. The molecule has 1 heterocycles. The van der Waals surface area contributed by atoms with Gasteiger partial charge in [-0.3, -0.25) is 0 Å². The Balaban J connectivity index is 1.67. The molecule has 1 aromatic carbocycles. The number of nitrogens with zero attached hydrogens (tertiary/aromatic N) is 1. The third-order valence-electron chi connectivity index (χ3n) is 4.24. The number of benzene rings is 1. The van der Waals surface area contributed by atoms with Gasteiger partial charge in [-0.1, -0.05) is 12.1 Å². The van der Waals surface area contributed by atoms with Crippen molar-refractivity contribution in [3.63, 3.8) is 0 Å². The van der Waals surface area contributed by atoms with Crippen LogP contribution in [0.5, 0.6) is 0 Å². The van der Waals surface area contributed by atoms with Crippen LogP contribution < -0.4 is 5.32 Å². The molecule has 3 rings (SSSR count). The van der Waals surface area contributed by atoms with Gasteiger partial charge in [-0.15, -0.1) is 0 Å². The number of nitrogens with one attached hydrogen (secondary N) is 1. The fraction of sp³-hybridized carbons (Fsp3) is 0.600. The molecule has 0 amide bonds. The number of aliphatic hydroxyl groups is 1. The summed E-state index contributed by atoms with van der Waals surface area (Å²) in [5, 5.41) is 12.5. The van der Waals surface area contributed by atoms with E-state index in [1.807, 2.05) is 12.1 Å². The lowest BCUT2D eigenvalue weighted by Gasteiger charge is -2.16. The second-order valence-corrected chi connectivity index (χ2v) is 7.94. The summed E-state index contributed by atoms with van der Waals surface area (Å²) < 4.78 is 26.5. The van der Waals surface area contributed by atoms with Crippen molar-refractivity contribution in [2.75, 3.05) is 19.7 Å². The van der Waals surface area contributed by atoms with Crippen LogP contribution in [0.2, 0.25) is 0 Å². The number of aliphatic hydroxyl groups excluding tert-OH is 1. The molecule has 2 N–H and O–H groups in total. The van der Waals surface area contributed by atoms with Gasteiger partial charge in [0.05, 0.1) is 4.90 Å². The van der Waals surface area contributed by atoms with Crippen LogP contribution >= 0.6 is 0 Å².